The number of methoxy groups -OCH3 is 1. The minimum absolute atomic E-state index is 0.0137. The minimum atomic E-state index is -4.62. The number of benzene rings is 2. The van der Waals surface area contributed by atoms with Gasteiger partial charge in [-0.1, -0.05) is 12.1 Å². The Morgan fingerprint density at radius 1 is 1.15 bits per heavy atom. The molecule has 27 heavy (non-hydrogen) atoms. The highest BCUT2D eigenvalue weighted by atomic mass is 19.4. The molecule has 1 N–H and O–H groups in total. The van der Waals surface area contributed by atoms with Crippen molar-refractivity contribution in [2.45, 2.75) is 25.6 Å². The van der Waals surface area contributed by atoms with Crippen molar-refractivity contribution >= 4 is 16.7 Å². The lowest BCUT2D eigenvalue weighted by Gasteiger charge is -2.19. The Hall–Kier alpha value is -2.90. The van der Waals surface area contributed by atoms with Crippen LogP contribution in [0.4, 0.5) is 23.4 Å². The summed E-state index contributed by atoms with van der Waals surface area (Å²) in [6, 6.07) is 7.66. The molecule has 3 aromatic rings. The first-order chi connectivity index (χ1) is 12.8. The average molecular weight is 379 g/mol. The topological polar surface area (TPSA) is 47.0 Å². The van der Waals surface area contributed by atoms with Gasteiger partial charge in [0.05, 0.1) is 12.7 Å². The number of nitrogens with zero attached hydrogens (tertiary/aromatic N) is 2. The van der Waals surface area contributed by atoms with E-state index in [-0.39, 0.29) is 18.0 Å². The molecule has 1 heterocycles. The monoisotopic (exact) mass is 379 g/mol. The van der Waals surface area contributed by atoms with Crippen molar-refractivity contribution in [2.75, 3.05) is 12.4 Å². The molecule has 1 atom stereocenters. The number of fused-ring (bicyclic) bond motifs is 1. The summed E-state index contributed by atoms with van der Waals surface area (Å²) in [6.07, 6.45) is -3.21. The van der Waals surface area contributed by atoms with Crippen molar-refractivity contribution in [3.05, 3.63) is 59.7 Å². The molecule has 0 saturated heterocycles. The van der Waals surface area contributed by atoms with E-state index in [0.29, 0.717) is 28.5 Å². The zero-order valence-corrected chi connectivity index (χ0v) is 14.6. The molecule has 8 heteroatoms. The van der Waals surface area contributed by atoms with Crippen LogP contribution in [0.3, 0.4) is 0 Å². The van der Waals surface area contributed by atoms with Gasteiger partial charge in [0.25, 0.3) is 0 Å². The van der Waals surface area contributed by atoms with Crippen molar-refractivity contribution in [1.82, 2.24) is 9.97 Å². The highest BCUT2D eigenvalue weighted by Gasteiger charge is 2.34. The summed E-state index contributed by atoms with van der Waals surface area (Å²) >= 11 is 0. The van der Waals surface area contributed by atoms with Crippen LogP contribution in [0.15, 0.2) is 42.7 Å². The number of hydrogen-bond acceptors (Lipinski definition) is 4. The summed E-state index contributed by atoms with van der Waals surface area (Å²) in [7, 11) is 1.53. The Labute approximate surface area is 153 Å². The molecular formula is C19H17F4N3O. The fourth-order valence-electron chi connectivity index (χ4n) is 2.95. The Bertz CT molecular complexity index is 959. The molecule has 0 aliphatic heterocycles. The van der Waals surface area contributed by atoms with Crippen LogP contribution < -0.4 is 10.1 Å². The number of ether oxygens (including phenoxy) is 1. The van der Waals surface area contributed by atoms with Gasteiger partial charge in [0, 0.05) is 11.4 Å². The van der Waals surface area contributed by atoms with Crippen molar-refractivity contribution in [3.8, 4) is 5.75 Å². The molecule has 0 aliphatic rings. The quantitative estimate of drug-likeness (QED) is 0.645. The maximum atomic E-state index is 13.3. The number of halogens is 4. The van der Waals surface area contributed by atoms with Crippen LogP contribution in [-0.4, -0.2) is 23.1 Å². The van der Waals surface area contributed by atoms with Crippen LogP contribution in [-0.2, 0) is 12.6 Å². The third-order valence-electron chi connectivity index (χ3n) is 4.13. The lowest BCUT2D eigenvalue weighted by Crippen LogP contribution is -2.21. The largest absolute Gasteiger partial charge is 0.494 e. The van der Waals surface area contributed by atoms with Crippen molar-refractivity contribution in [3.63, 3.8) is 0 Å². The highest BCUT2D eigenvalue weighted by molar-refractivity contribution is 5.92. The van der Waals surface area contributed by atoms with Gasteiger partial charge in [-0.2, -0.15) is 13.2 Å². The van der Waals surface area contributed by atoms with Gasteiger partial charge in [-0.3, -0.25) is 0 Å². The van der Waals surface area contributed by atoms with Crippen LogP contribution >= 0.6 is 0 Å². The molecule has 4 nitrogen and oxygen atoms in total. The molecule has 0 fully saturated rings. The van der Waals surface area contributed by atoms with Crippen LogP contribution in [0, 0.1) is 5.82 Å². The fourth-order valence-corrected chi connectivity index (χ4v) is 2.95. The van der Waals surface area contributed by atoms with Gasteiger partial charge in [0.2, 0.25) is 0 Å². The van der Waals surface area contributed by atoms with E-state index in [1.54, 1.807) is 25.1 Å². The normalized spacial score (nSPS) is 12.8. The van der Waals surface area contributed by atoms with Crippen molar-refractivity contribution in [1.29, 1.82) is 0 Å². The first-order valence-electron chi connectivity index (χ1n) is 8.19. The molecule has 0 aliphatic carbocycles. The van der Waals surface area contributed by atoms with E-state index in [1.807, 2.05) is 0 Å². The van der Waals surface area contributed by atoms with Gasteiger partial charge in [0.15, 0.2) is 0 Å². The number of anilines is 1. The molecule has 0 spiro atoms. The molecule has 3 rings (SSSR count). The van der Waals surface area contributed by atoms with Crippen LogP contribution in [0.2, 0.25) is 0 Å². The second-order valence-electron chi connectivity index (χ2n) is 6.13. The van der Waals surface area contributed by atoms with E-state index >= 15 is 0 Å². The summed E-state index contributed by atoms with van der Waals surface area (Å²) in [5, 5.41) is 3.80. The van der Waals surface area contributed by atoms with Crippen molar-refractivity contribution < 1.29 is 22.3 Å². The Morgan fingerprint density at radius 3 is 2.63 bits per heavy atom. The third-order valence-corrected chi connectivity index (χ3v) is 4.13. The SMILES string of the molecule is COc1cccc2c(NC(C)Cc3ccc(F)cc3C(F)(F)F)ncnc12. The predicted molar refractivity (Wildman–Crippen MR) is 94.3 cm³/mol. The van der Waals surface area contributed by atoms with Crippen LogP contribution in [0.25, 0.3) is 10.9 Å². The molecule has 1 unspecified atom stereocenters. The van der Waals surface area contributed by atoms with Gasteiger partial charge in [-0.15, -0.1) is 0 Å². The average Bonchev–Trinajstić information content (AvgIpc) is 2.62. The number of aromatic nitrogens is 2. The Morgan fingerprint density at radius 2 is 1.93 bits per heavy atom. The third kappa shape index (κ3) is 4.10. The molecule has 0 saturated carbocycles. The molecular weight excluding hydrogens is 362 g/mol. The zero-order chi connectivity index (χ0) is 19.6. The molecule has 2 aromatic carbocycles. The van der Waals surface area contributed by atoms with Gasteiger partial charge in [0.1, 0.15) is 29.2 Å². The zero-order valence-electron chi connectivity index (χ0n) is 14.6. The smallest absolute Gasteiger partial charge is 0.416 e. The number of nitrogens with one attached hydrogen (secondary N) is 1. The summed E-state index contributed by atoms with van der Waals surface area (Å²) in [5.74, 6) is 0.145. The first kappa shape index (κ1) is 18.9. The number of alkyl halides is 3. The molecule has 1 aromatic heterocycles. The number of para-hydroxylation sites is 1. The number of rotatable bonds is 5. The van der Waals surface area contributed by atoms with E-state index in [9.17, 15) is 17.6 Å². The molecule has 0 bridgehead atoms. The summed E-state index contributed by atoms with van der Waals surface area (Å²) in [5.41, 5.74) is -0.354. The second-order valence-corrected chi connectivity index (χ2v) is 6.13. The molecule has 0 amide bonds. The lowest BCUT2D eigenvalue weighted by atomic mass is 10.00. The van der Waals surface area contributed by atoms with Crippen LogP contribution in [0.1, 0.15) is 18.1 Å². The lowest BCUT2D eigenvalue weighted by molar-refractivity contribution is -0.138. The van der Waals surface area contributed by atoms with E-state index in [2.05, 4.69) is 15.3 Å². The van der Waals surface area contributed by atoms with Gasteiger partial charge in [-0.05, 0) is 43.2 Å². The van der Waals surface area contributed by atoms with Gasteiger partial charge < -0.3 is 10.1 Å². The molecule has 142 valence electrons. The minimum Gasteiger partial charge on any atom is -0.494 e. The Balaban J connectivity index is 1.88. The predicted octanol–water partition coefficient (Wildman–Crippen LogP) is 4.84. The summed E-state index contributed by atoms with van der Waals surface area (Å²) < 4.78 is 58.1. The number of hydrogen-bond donors (Lipinski definition) is 1. The van der Waals surface area contributed by atoms with E-state index in [4.69, 9.17) is 4.74 Å². The first-order valence-corrected chi connectivity index (χ1v) is 8.19. The van der Waals surface area contributed by atoms with Crippen molar-refractivity contribution in [2.24, 2.45) is 0 Å². The standard InChI is InChI=1S/C19H17F4N3O/c1-11(8-12-6-7-13(20)9-15(12)19(21,22)23)26-18-14-4-3-5-16(27-2)17(14)24-10-25-18/h3-7,9-11H,8H2,1-2H3,(H,24,25,26). The fraction of sp³-hybridized carbons (Fsp3) is 0.263. The van der Waals surface area contributed by atoms with Crippen LogP contribution in [0.5, 0.6) is 5.75 Å². The van der Waals surface area contributed by atoms with E-state index in [1.165, 1.54) is 13.4 Å². The summed E-state index contributed by atoms with van der Waals surface area (Å²) in [4.78, 5) is 8.38. The Kier molecular flexibility index (Phi) is 5.16. The van der Waals surface area contributed by atoms with E-state index < -0.39 is 17.6 Å². The second kappa shape index (κ2) is 7.38. The maximum Gasteiger partial charge on any atom is 0.416 e. The van der Waals surface area contributed by atoms with Gasteiger partial charge in [-0.25, -0.2) is 14.4 Å². The van der Waals surface area contributed by atoms with Gasteiger partial charge >= 0.3 is 6.18 Å². The maximum absolute atomic E-state index is 13.3. The highest BCUT2D eigenvalue weighted by Crippen LogP contribution is 2.33. The summed E-state index contributed by atoms with van der Waals surface area (Å²) in [6.45, 7) is 1.73. The van der Waals surface area contributed by atoms with E-state index in [0.717, 1.165) is 12.1 Å². The molecule has 0 radical (unpaired) electrons.